The molecule has 19 heavy (non-hydrogen) atoms. The van der Waals surface area contributed by atoms with Crippen LogP contribution in [-0.2, 0) is 0 Å². The van der Waals surface area contributed by atoms with Crippen LogP contribution in [0.15, 0.2) is 18.5 Å². The molecule has 0 radical (unpaired) electrons. The lowest BCUT2D eigenvalue weighted by Gasteiger charge is -2.36. The quantitative estimate of drug-likeness (QED) is 0.839. The molecule has 0 atom stereocenters. The second-order valence-corrected chi connectivity index (χ2v) is 5.93. The lowest BCUT2D eigenvalue weighted by Crippen LogP contribution is -2.47. The molecule has 1 aromatic heterocycles. The highest BCUT2D eigenvalue weighted by Crippen LogP contribution is 2.30. The van der Waals surface area contributed by atoms with Gasteiger partial charge in [0.2, 0.25) is 0 Å². The van der Waals surface area contributed by atoms with E-state index in [0.717, 1.165) is 43.3 Å². The minimum Gasteiger partial charge on any atom is -0.389 e. The largest absolute Gasteiger partial charge is 0.389 e. The Balaban J connectivity index is 1.65. The van der Waals surface area contributed by atoms with Gasteiger partial charge in [-0.15, -0.1) is 0 Å². The summed E-state index contributed by atoms with van der Waals surface area (Å²) in [5, 5.41) is 0. The summed E-state index contributed by atoms with van der Waals surface area (Å²) in [4.78, 5) is 9.59. The van der Waals surface area contributed by atoms with E-state index < -0.39 is 0 Å². The number of hydrogen-bond donors (Lipinski definition) is 1. The third-order valence-electron chi connectivity index (χ3n) is 3.99. The topological polar surface area (TPSA) is 45.4 Å². The van der Waals surface area contributed by atoms with Crippen molar-refractivity contribution >= 4 is 22.9 Å². The zero-order valence-electron chi connectivity index (χ0n) is 11.1. The zero-order chi connectivity index (χ0) is 13.2. The molecule has 0 aromatic carbocycles. The molecule has 102 valence electrons. The monoisotopic (exact) mass is 276 g/mol. The average molecular weight is 276 g/mol. The van der Waals surface area contributed by atoms with Gasteiger partial charge in [0.15, 0.2) is 0 Å². The van der Waals surface area contributed by atoms with Gasteiger partial charge in [0, 0.05) is 44.5 Å². The molecule has 2 heterocycles. The minimum absolute atomic E-state index is 0.456. The number of anilines is 1. The van der Waals surface area contributed by atoms with Crippen LogP contribution in [0.3, 0.4) is 0 Å². The summed E-state index contributed by atoms with van der Waals surface area (Å²) >= 11 is 5.12. The van der Waals surface area contributed by atoms with Crippen LogP contribution in [-0.4, -0.2) is 47.6 Å². The highest BCUT2D eigenvalue weighted by molar-refractivity contribution is 7.80. The van der Waals surface area contributed by atoms with Gasteiger partial charge in [-0.25, -0.2) is 0 Å². The van der Waals surface area contributed by atoms with E-state index in [9.17, 15) is 0 Å². The molecule has 4 nitrogen and oxygen atoms in total. The molecular formula is C14H20N4S. The van der Waals surface area contributed by atoms with Crippen LogP contribution < -0.4 is 10.6 Å². The third-order valence-corrected chi connectivity index (χ3v) is 4.21. The lowest BCUT2D eigenvalue weighted by atomic mass is 10.2. The van der Waals surface area contributed by atoms with E-state index in [1.54, 1.807) is 6.20 Å². The van der Waals surface area contributed by atoms with Crippen molar-refractivity contribution in [2.45, 2.75) is 12.8 Å². The second-order valence-electron chi connectivity index (χ2n) is 5.49. The first-order valence-corrected chi connectivity index (χ1v) is 7.36. The summed E-state index contributed by atoms with van der Waals surface area (Å²) in [5.41, 5.74) is 7.82. The summed E-state index contributed by atoms with van der Waals surface area (Å²) in [5.74, 6) is 0.970. The highest BCUT2D eigenvalue weighted by atomic mass is 32.1. The van der Waals surface area contributed by atoms with E-state index in [4.69, 9.17) is 18.0 Å². The molecule has 0 amide bonds. The van der Waals surface area contributed by atoms with E-state index in [-0.39, 0.29) is 0 Å². The number of nitrogens with two attached hydrogens (primary N) is 1. The smallest absolute Gasteiger partial charge is 0.106 e. The number of nitrogens with zero attached hydrogens (tertiary/aromatic N) is 3. The Hall–Kier alpha value is -1.20. The minimum atomic E-state index is 0.456. The molecule has 2 fully saturated rings. The van der Waals surface area contributed by atoms with Gasteiger partial charge < -0.3 is 10.6 Å². The number of thiocarbonyl (C=S) groups is 1. The van der Waals surface area contributed by atoms with Gasteiger partial charge in [-0.05, 0) is 24.8 Å². The number of piperazine rings is 1. The molecule has 3 rings (SSSR count). The van der Waals surface area contributed by atoms with Crippen molar-refractivity contribution < 1.29 is 0 Å². The Morgan fingerprint density at radius 2 is 2.05 bits per heavy atom. The first-order chi connectivity index (χ1) is 9.24. The first kappa shape index (κ1) is 12.8. The van der Waals surface area contributed by atoms with Crippen LogP contribution >= 0.6 is 12.2 Å². The summed E-state index contributed by atoms with van der Waals surface area (Å²) in [6.45, 7) is 5.61. The Morgan fingerprint density at radius 1 is 1.32 bits per heavy atom. The van der Waals surface area contributed by atoms with Crippen LogP contribution in [0.2, 0.25) is 0 Å². The van der Waals surface area contributed by atoms with Gasteiger partial charge in [-0.2, -0.15) is 0 Å². The van der Waals surface area contributed by atoms with E-state index in [1.165, 1.54) is 19.4 Å². The SMILES string of the molecule is NC(=S)c1ccncc1N1CCN(CC2CC2)CC1. The van der Waals surface area contributed by atoms with Crippen molar-refractivity contribution in [2.24, 2.45) is 11.7 Å². The van der Waals surface area contributed by atoms with Crippen molar-refractivity contribution in [3.63, 3.8) is 0 Å². The Bertz CT molecular complexity index is 464. The molecule has 1 aromatic rings. The van der Waals surface area contributed by atoms with E-state index in [1.807, 2.05) is 12.3 Å². The predicted octanol–water partition coefficient (Wildman–Crippen LogP) is 1.25. The molecule has 0 spiro atoms. The predicted molar refractivity (Wildman–Crippen MR) is 81.5 cm³/mol. The molecule has 1 saturated carbocycles. The molecule has 5 heteroatoms. The fourth-order valence-electron chi connectivity index (χ4n) is 2.68. The van der Waals surface area contributed by atoms with Crippen LogP contribution in [0.5, 0.6) is 0 Å². The van der Waals surface area contributed by atoms with Gasteiger partial charge in [0.05, 0.1) is 11.9 Å². The van der Waals surface area contributed by atoms with E-state index in [0.29, 0.717) is 4.99 Å². The van der Waals surface area contributed by atoms with Crippen molar-refractivity contribution in [1.29, 1.82) is 0 Å². The Kier molecular flexibility index (Phi) is 3.66. The maximum Gasteiger partial charge on any atom is 0.106 e. The lowest BCUT2D eigenvalue weighted by molar-refractivity contribution is 0.248. The Morgan fingerprint density at radius 3 is 2.68 bits per heavy atom. The van der Waals surface area contributed by atoms with Crippen molar-refractivity contribution in [3.05, 3.63) is 24.0 Å². The van der Waals surface area contributed by atoms with Crippen molar-refractivity contribution in [3.8, 4) is 0 Å². The van der Waals surface area contributed by atoms with Crippen LogP contribution in [0.25, 0.3) is 0 Å². The number of pyridine rings is 1. The van der Waals surface area contributed by atoms with Gasteiger partial charge in [-0.1, -0.05) is 12.2 Å². The highest BCUT2D eigenvalue weighted by Gasteiger charge is 2.27. The van der Waals surface area contributed by atoms with E-state index >= 15 is 0 Å². The standard InChI is InChI=1S/C14H20N4S/c15-14(19)12-3-4-16-9-13(12)18-7-5-17(6-8-18)10-11-1-2-11/h3-4,9,11H,1-2,5-8,10H2,(H2,15,19). The van der Waals surface area contributed by atoms with Crippen LogP contribution in [0.4, 0.5) is 5.69 Å². The van der Waals surface area contributed by atoms with Crippen LogP contribution in [0, 0.1) is 5.92 Å². The second kappa shape index (κ2) is 5.43. The molecule has 1 aliphatic heterocycles. The maximum atomic E-state index is 5.79. The number of aromatic nitrogens is 1. The molecular weight excluding hydrogens is 256 g/mol. The fourth-order valence-corrected chi connectivity index (χ4v) is 2.86. The van der Waals surface area contributed by atoms with Crippen LogP contribution in [0.1, 0.15) is 18.4 Å². The molecule has 0 unspecified atom stereocenters. The summed E-state index contributed by atoms with van der Waals surface area (Å²) in [7, 11) is 0. The maximum absolute atomic E-state index is 5.79. The summed E-state index contributed by atoms with van der Waals surface area (Å²) < 4.78 is 0. The number of rotatable bonds is 4. The van der Waals surface area contributed by atoms with Crippen molar-refractivity contribution in [1.82, 2.24) is 9.88 Å². The number of hydrogen-bond acceptors (Lipinski definition) is 4. The van der Waals surface area contributed by atoms with Gasteiger partial charge in [0.25, 0.3) is 0 Å². The molecule has 1 saturated heterocycles. The molecule has 2 aliphatic rings. The van der Waals surface area contributed by atoms with Gasteiger partial charge >= 0.3 is 0 Å². The molecule has 2 N–H and O–H groups in total. The fraction of sp³-hybridized carbons (Fsp3) is 0.571. The molecule has 1 aliphatic carbocycles. The summed E-state index contributed by atoms with van der Waals surface area (Å²) in [6.07, 6.45) is 6.48. The Labute approximate surface area is 119 Å². The van der Waals surface area contributed by atoms with E-state index in [2.05, 4.69) is 14.8 Å². The first-order valence-electron chi connectivity index (χ1n) is 6.95. The normalized spacial score (nSPS) is 20.5. The van der Waals surface area contributed by atoms with Crippen molar-refractivity contribution in [2.75, 3.05) is 37.6 Å². The average Bonchev–Trinajstić information content (AvgIpc) is 3.23. The molecule has 0 bridgehead atoms. The van der Waals surface area contributed by atoms with Gasteiger partial charge in [-0.3, -0.25) is 9.88 Å². The zero-order valence-corrected chi connectivity index (χ0v) is 11.9. The third kappa shape index (κ3) is 3.04. The van der Waals surface area contributed by atoms with Gasteiger partial charge in [0.1, 0.15) is 4.99 Å². The summed E-state index contributed by atoms with van der Waals surface area (Å²) in [6, 6.07) is 1.91.